The molecule has 0 aliphatic rings. The SMILES string of the molecule is CNC(C)C(c1nc(COCC(F)(F)F)no1)C(C)C. The normalized spacial score (nSPS) is 15.6. The number of hydrogen-bond acceptors (Lipinski definition) is 5. The van der Waals surface area contributed by atoms with Crippen LogP contribution in [0, 0.1) is 5.92 Å². The summed E-state index contributed by atoms with van der Waals surface area (Å²) in [5.41, 5.74) is 0. The Labute approximate surface area is 115 Å². The lowest BCUT2D eigenvalue weighted by molar-refractivity contribution is -0.177. The van der Waals surface area contributed by atoms with E-state index in [4.69, 9.17) is 4.52 Å². The van der Waals surface area contributed by atoms with Gasteiger partial charge in [-0.3, -0.25) is 0 Å². The van der Waals surface area contributed by atoms with Gasteiger partial charge >= 0.3 is 6.18 Å². The third-order valence-corrected chi connectivity index (χ3v) is 2.98. The van der Waals surface area contributed by atoms with Crippen LogP contribution in [0.5, 0.6) is 0 Å². The first-order chi connectivity index (χ1) is 9.24. The van der Waals surface area contributed by atoms with Crippen LogP contribution in [0.3, 0.4) is 0 Å². The van der Waals surface area contributed by atoms with Crippen molar-refractivity contribution in [3.8, 4) is 0 Å². The fourth-order valence-electron chi connectivity index (χ4n) is 1.98. The van der Waals surface area contributed by atoms with Gasteiger partial charge in [0, 0.05) is 6.04 Å². The van der Waals surface area contributed by atoms with Gasteiger partial charge in [0.05, 0.1) is 5.92 Å². The molecule has 1 N–H and O–H groups in total. The van der Waals surface area contributed by atoms with Crippen LogP contribution in [0.2, 0.25) is 0 Å². The molecule has 0 aromatic carbocycles. The third kappa shape index (κ3) is 5.09. The van der Waals surface area contributed by atoms with Crippen molar-refractivity contribution in [3.63, 3.8) is 0 Å². The van der Waals surface area contributed by atoms with Gasteiger partial charge in [0.15, 0.2) is 5.82 Å². The number of aromatic nitrogens is 2. The average molecular weight is 295 g/mol. The molecule has 0 saturated carbocycles. The molecule has 0 radical (unpaired) electrons. The first-order valence-electron chi connectivity index (χ1n) is 6.38. The van der Waals surface area contributed by atoms with E-state index >= 15 is 0 Å². The van der Waals surface area contributed by atoms with E-state index in [1.807, 2.05) is 27.8 Å². The van der Waals surface area contributed by atoms with E-state index in [0.717, 1.165) is 0 Å². The Morgan fingerprint density at radius 2 is 1.95 bits per heavy atom. The number of nitrogens with one attached hydrogen (secondary N) is 1. The molecule has 2 atom stereocenters. The Balaban J connectivity index is 2.65. The Morgan fingerprint density at radius 3 is 2.45 bits per heavy atom. The van der Waals surface area contributed by atoms with E-state index in [-0.39, 0.29) is 30.3 Å². The number of rotatable bonds is 7. The van der Waals surface area contributed by atoms with Crippen LogP contribution < -0.4 is 5.32 Å². The van der Waals surface area contributed by atoms with Gasteiger partial charge in [0.1, 0.15) is 13.2 Å². The number of halogens is 3. The monoisotopic (exact) mass is 295 g/mol. The predicted octanol–water partition coefficient (Wildman–Crippen LogP) is 2.50. The van der Waals surface area contributed by atoms with Crippen LogP contribution >= 0.6 is 0 Å². The lowest BCUT2D eigenvalue weighted by atomic mass is 9.89. The molecule has 0 bridgehead atoms. The zero-order valence-electron chi connectivity index (χ0n) is 12.0. The smallest absolute Gasteiger partial charge is 0.364 e. The minimum Gasteiger partial charge on any atom is -0.364 e. The highest BCUT2D eigenvalue weighted by atomic mass is 19.4. The Bertz CT molecular complexity index is 407. The van der Waals surface area contributed by atoms with Gasteiger partial charge in [-0.1, -0.05) is 19.0 Å². The van der Waals surface area contributed by atoms with Crippen LogP contribution in [-0.4, -0.2) is 36.0 Å². The van der Waals surface area contributed by atoms with Gasteiger partial charge < -0.3 is 14.6 Å². The second kappa shape index (κ2) is 7.03. The maximum Gasteiger partial charge on any atom is 0.411 e. The quantitative estimate of drug-likeness (QED) is 0.837. The second-order valence-electron chi connectivity index (χ2n) is 5.00. The summed E-state index contributed by atoms with van der Waals surface area (Å²) in [7, 11) is 1.82. The van der Waals surface area contributed by atoms with Crippen molar-refractivity contribution < 1.29 is 22.4 Å². The molecule has 0 amide bonds. The van der Waals surface area contributed by atoms with Crippen molar-refractivity contribution in [2.24, 2.45) is 5.92 Å². The summed E-state index contributed by atoms with van der Waals surface area (Å²) in [6.45, 7) is 4.37. The number of alkyl halides is 3. The first-order valence-corrected chi connectivity index (χ1v) is 6.38. The van der Waals surface area contributed by atoms with E-state index in [2.05, 4.69) is 20.2 Å². The van der Waals surface area contributed by atoms with Crippen molar-refractivity contribution in [1.82, 2.24) is 15.5 Å². The Kier molecular flexibility index (Phi) is 5.94. The number of hydrogen-bond donors (Lipinski definition) is 1. The van der Waals surface area contributed by atoms with E-state index in [1.165, 1.54) is 0 Å². The third-order valence-electron chi connectivity index (χ3n) is 2.98. The number of ether oxygens (including phenoxy) is 1. The summed E-state index contributed by atoms with van der Waals surface area (Å²) < 4.78 is 45.5. The lowest BCUT2D eigenvalue weighted by Gasteiger charge is -2.23. The Hall–Kier alpha value is -1.15. The highest BCUT2D eigenvalue weighted by Crippen LogP contribution is 2.26. The molecular formula is C12H20F3N3O2. The molecule has 5 nitrogen and oxygen atoms in total. The zero-order valence-corrected chi connectivity index (χ0v) is 12.0. The average Bonchev–Trinajstić information content (AvgIpc) is 2.75. The van der Waals surface area contributed by atoms with Crippen LogP contribution in [0.15, 0.2) is 4.52 Å². The molecule has 0 aliphatic carbocycles. The standard InChI is InChI=1S/C12H20F3N3O2/c1-7(2)10(8(3)16-4)11-17-9(18-20-11)5-19-6-12(13,14)15/h7-8,10,16H,5-6H2,1-4H3. The van der Waals surface area contributed by atoms with Gasteiger partial charge in [0.2, 0.25) is 5.89 Å². The molecule has 0 saturated heterocycles. The van der Waals surface area contributed by atoms with Crippen LogP contribution in [0.4, 0.5) is 13.2 Å². The fraction of sp³-hybridized carbons (Fsp3) is 0.833. The minimum absolute atomic E-state index is 0.0103. The van der Waals surface area contributed by atoms with Crippen LogP contribution in [-0.2, 0) is 11.3 Å². The molecule has 1 aromatic rings. The van der Waals surface area contributed by atoms with Crippen LogP contribution in [0.1, 0.15) is 38.4 Å². The maximum absolute atomic E-state index is 12.0. The minimum atomic E-state index is -4.35. The zero-order chi connectivity index (χ0) is 15.3. The molecule has 116 valence electrons. The van der Waals surface area contributed by atoms with Gasteiger partial charge in [0.25, 0.3) is 0 Å². The Morgan fingerprint density at radius 1 is 1.30 bits per heavy atom. The molecule has 20 heavy (non-hydrogen) atoms. The summed E-state index contributed by atoms with van der Waals surface area (Å²) in [5.74, 6) is 0.774. The molecule has 0 fully saturated rings. The van der Waals surface area contributed by atoms with E-state index < -0.39 is 12.8 Å². The van der Waals surface area contributed by atoms with Gasteiger partial charge in [-0.05, 0) is 19.9 Å². The van der Waals surface area contributed by atoms with Crippen molar-refractivity contribution in [2.75, 3.05) is 13.7 Å². The van der Waals surface area contributed by atoms with Crippen molar-refractivity contribution in [2.45, 2.75) is 45.5 Å². The van der Waals surface area contributed by atoms with Crippen molar-refractivity contribution in [1.29, 1.82) is 0 Å². The molecule has 2 unspecified atom stereocenters. The van der Waals surface area contributed by atoms with E-state index in [9.17, 15) is 13.2 Å². The summed E-state index contributed by atoms with van der Waals surface area (Å²) >= 11 is 0. The van der Waals surface area contributed by atoms with E-state index in [1.54, 1.807) is 0 Å². The van der Waals surface area contributed by atoms with Crippen molar-refractivity contribution in [3.05, 3.63) is 11.7 Å². The molecular weight excluding hydrogens is 275 g/mol. The fourth-order valence-corrected chi connectivity index (χ4v) is 1.98. The summed E-state index contributed by atoms with van der Waals surface area (Å²) in [6.07, 6.45) is -4.35. The predicted molar refractivity (Wildman–Crippen MR) is 66.1 cm³/mol. The molecule has 0 aliphatic heterocycles. The molecule has 8 heteroatoms. The number of nitrogens with zero attached hydrogens (tertiary/aromatic N) is 2. The molecule has 1 rings (SSSR count). The first kappa shape index (κ1) is 16.9. The largest absolute Gasteiger partial charge is 0.411 e. The summed E-state index contributed by atoms with van der Waals surface area (Å²) in [6, 6.07) is 0.111. The van der Waals surface area contributed by atoms with Gasteiger partial charge in [-0.25, -0.2) is 0 Å². The molecule has 0 spiro atoms. The highest BCUT2D eigenvalue weighted by Gasteiger charge is 2.29. The molecule has 1 aromatic heterocycles. The number of likely N-dealkylation sites (N-methyl/N-ethyl adjacent to an activating group) is 1. The van der Waals surface area contributed by atoms with E-state index in [0.29, 0.717) is 5.89 Å². The van der Waals surface area contributed by atoms with Crippen molar-refractivity contribution >= 4 is 0 Å². The summed E-state index contributed by atoms with van der Waals surface area (Å²) in [4.78, 5) is 4.11. The second-order valence-corrected chi connectivity index (χ2v) is 5.00. The molecule has 1 heterocycles. The highest BCUT2D eigenvalue weighted by molar-refractivity contribution is 4.99. The maximum atomic E-state index is 12.0. The van der Waals surface area contributed by atoms with Gasteiger partial charge in [-0.2, -0.15) is 18.2 Å². The topological polar surface area (TPSA) is 60.2 Å². The van der Waals surface area contributed by atoms with Gasteiger partial charge in [-0.15, -0.1) is 0 Å². The summed E-state index contributed by atoms with van der Waals surface area (Å²) in [5, 5.41) is 6.76. The van der Waals surface area contributed by atoms with Crippen LogP contribution in [0.25, 0.3) is 0 Å². The lowest BCUT2D eigenvalue weighted by Crippen LogP contribution is -2.32.